The lowest BCUT2D eigenvalue weighted by Crippen LogP contribution is -2.37. The van der Waals surface area contributed by atoms with Gasteiger partial charge >= 0.3 is 0 Å². The number of benzene rings is 3. The first-order valence-corrected chi connectivity index (χ1v) is 14.6. The van der Waals surface area contributed by atoms with Crippen LogP contribution in [0.25, 0.3) is 0 Å². The van der Waals surface area contributed by atoms with Crippen molar-refractivity contribution in [2.45, 2.75) is 56.9 Å². The van der Waals surface area contributed by atoms with Gasteiger partial charge in [0.25, 0.3) is 0 Å². The number of primary amides is 1. The lowest BCUT2D eigenvalue weighted by Gasteiger charge is -2.35. The first-order chi connectivity index (χ1) is 17.6. The Hall–Kier alpha value is -2.67. The van der Waals surface area contributed by atoms with Gasteiger partial charge in [-0.1, -0.05) is 77.8 Å². The number of nitrogens with zero attached hydrogens (tertiary/aromatic N) is 1. The highest BCUT2D eigenvalue weighted by atomic mass is 35.5. The van der Waals surface area contributed by atoms with Crippen LogP contribution in [0.15, 0.2) is 77.7 Å². The summed E-state index contributed by atoms with van der Waals surface area (Å²) in [6.07, 6.45) is 3.36. The van der Waals surface area contributed by atoms with E-state index in [1.165, 1.54) is 0 Å². The maximum Gasteiger partial charge on any atom is 0.243 e. The molecule has 1 aliphatic rings. The molecule has 0 aliphatic heterocycles. The summed E-state index contributed by atoms with van der Waals surface area (Å²) >= 11 is 6.29. The molecule has 1 saturated carbocycles. The van der Waals surface area contributed by atoms with E-state index < -0.39 is 10.0 Å². The molecule has 0 spiro atoms. The molecule has 0 aromatic heterocycles. The maximum absolute atomic E-state index is 13.8. The van der Waals surface area contributed by atoms with Gasteiger partial charge < -0.3 is 5.73 Å². The van der Waals surface area contributed by atoms with Crippen molar-refractivity contribution in [2.24, 2.45) is 17.6 Å². The molecular weight excluding hydrogens is 504 g/mol. The predicted molar refractivity (Wildman–Crippen MR) is 149 cm³/mol. The number of nitrogens with two attached hydrogens (primary N) is 1. The molecule has 1 atom stereocenters. The minimum atomic E-state index is -3.75. The van der Waals surface area contributed by atoms with E-state index in [1.54, 1.807) is 22.5 Å². The largest absolute Gasteiger partial charge is 0.369 e. The Morgan fingerprint density at radius 2 is 1.62 bits per heavy atom. The van der Waals surface area contributed by atoms with Crippen LogP contribution in [0.3, 0.4) is 0 Å². The van der Waals surface area contributed by atoms with Gasteiger partial charge in [-0.25, -0.2) is 8.42 Å². The molecule has 7 heteroatoms. The minimum Gasteiger partial charge on any atom is -0.369 e. The molecule has 5 nitrogen and oxygen atoms in total. The summed E-state index contributed by atoms with van der Waals surface area (Å²) in [5, 5.41) is 0.440. The predicted octanol–water partition coefficient (Wildman–Crippen LogP) is 6.22. The lowest BCUT2D eigenvalue weighted by atomic mass is 9.73. The Morgan fingerprint density at radius 1 is 0.973 bits per heavy atom. The molecule has 37 heavy (non-hydrogen) atoms. The van der Waals surface area contributed by atoms with Crippen molar-refractivity contribution in [3.05, 3.63) is 100 Å². The second kappa shape index (κ2) is 11.8. The van der Waals surface area contributed by atoms with Gasteiger partial charge in [0, 0.05) is 18.1 Å². The summed E-state index contributed by atoms with van der Waals surface area (Å²) in [5.41, 5.74) is 9.73. The number of hydrogen-bond acceptors (Lipinski definition) is 3. The van der Waals surface area contributed by atoms with Crippen molar-refractivity contribution in [1.82, 2.24) is 4.31 Å². The van der Waals surface area contributed by atoms with Crippen LogP contribution in [0, 0.1) is 25.7 Å². The van der Waals surface area contributed by atoms with E-state index >= 15 is 0 Å². The van der Waals surface area contributed by atoms with Crippen LogP contribution in [0.1, 0.15) is 53.9 Å². The summed E-state index contributed by atoms with van der Waals surface area (Å²) in [4.78, 5) is 12.6. The standard InChI is InChI=1S/C30H35ClN2O3S/c1-21-8-13-25(14-9-21)29(30(32)34)26-15-11-24(12-16-26)20-33(19-23-6-4-3-5-7-23)37(35,36)27-17-10-22(2)28(31)18-27/h3-10,13-14,17-18,24,26,29H,11-12,15-16,19-20H2,1-2H3,(H2,32,34). The molecule has 0 radical (unpaired) electrons. The molecule has 2 N–H and O–H groups in total. The van der Waals surface area contributed by atoms with E-state index in [0.717, 1.165) is 47.9 Å². The summed E-state index contributed by atoms with van der Waals surface area (Å²) < 4.78 is 29.1. The van der Waals surface area contributed by atoms with Crippen LogP contribution in [-0.2, 0) is 21.4 Å². The number of hydrogen-bond donors (Lipinski definition) is 1. The zero-order chi connectivity index (χ0) is 26.6. The van der Waals surface area contributed by atoms with Gasteiger partial charge in [0.1, 0.15) is 0 Å². The van der Waals surface area contributed by atoms with Crippen molar-refractivity contribution in [2.75, 3.05) is 6.54 Å². The molecular formula is C30H35ClN2O3S. The average Bonchev–Trinajstić information content (AvgIpc) is 2.88. The number of sulfonamides is 1. The second-order valence-corrected chi connectivity index (χ2v) is 12.6. The maximum atomic E-state index is 13.8. The van der Waals surface area contributed by atoms with E-state index in [0.29, 0.717) is 18.1 Å². The van der Waals surface area contributed by atoms with Crippen LogP contribution >= 0.6 is 11.6 Å². The average molecular weight is 539 g/mol. The summed E-state index contributed by atoms with van der Waals surface area (Å²) in [5.74, 6) is -0.258. The van der Waals surface area contributed by atoms with Crippen molar-refractivity contribution in [1.29, 1.82) is 0 Å². The van der Waals surface area contributed by atoms with Gasteiger partial charge in [0.15, 0.2) is 0 Å². The molecule has 0 bridgehead atoms. The van der Waals surface area contributed by atoms with Gasteiger partial charge in [0.2, 0.25) is 15.9 Å². The number of amides is 1. The van der Waals surface area contributed by atoms with Gasteiger partial charge in [-0.3, -0.25) is 4.79 Å². The highest BCUT2D eigenvalue weighted by molar-refractivity contribution is 7.89. The molecule has 1 unspecified atom stereocenters. The topological polar surface area (TPSA) is 80.5 Å². The van der Waals surface area contributed by atoms with Gasteiger partial charge in [-0.15, -0.1) is 0 Å². The van der Waals surface area contributed by atoms with E-state index in [4.69, 9.17) is 17.3 Å². The third-order valence-electron chi connectivity index (χ3n) is 7.55. The fourth-order valence-corrected chi connectivity index (χ4v) is 7.13. The molecule has 4 rings (SSSR count). The SMILES string of the molecule is Cc1ccc(C(C(N)=O)C2CCC(CN(Cc3ccccc3)S(=O)(=O)c3ccc(C)c(Cl)c3)CC2)cc1. The summed E-state index contributed by atoms with van der Waals surface area (Å²) in [6.45, 7) is 4.59. The van der Waals surface area contributed by atoms with Crippen molar-refractivity contribution in [3.8, 4) is 0 Å². The molecule has 1 fully saturated rings. The van der Waals surface area contributed by atoms with Crippen LogP contribution in [0.2, 0.25) is 5.02 Å². The Morgan fingerprint density at radius 3 is 2.22 bits per heavy atom. The quantitative estimate of drug-likeness (QED) is 0.351. The lowest BCUT2D eigenvalue weighted by molar-refractivity contribution is -0.121. The van der Waals surface area contributed by atoms with Gasteiger partial charge in [-0.2, -0.15) is 4.31 Å². The summed E-state index contributed by atoms with van der Waals surface area (Å²) in [6, 6.07) is 22.6. The summed E-state index contributed by atoms with van der Waals surface area (Å²) in [7, 11) is -3.75. The van der Waals surface area contributed by atoms with Crippen LogP contribution in [0.5, 0.6) is 0 Å². The fraction of sp³-hybridized carbons (Fsp3) is 0.367. The Kier molecular flexibility index (Phi) is 8.73. The number of rotatable bonds is 9. The Labute approximate surface area is 225 Å². The third kappa shape index (κ3) is 6.61. The zero-order valence-corrected chi connectivity index (χ0v) is 23.0. The highest BCUT2D eigenvalue weighted by Crippen LogP contribution is 2.39. The Balaban J connectivity index is 1.51. The first-order valence-electron chi connectivity index (χ1n) is 12.8. The number of carbonyl (C=O) groups is 1. The van der Waals surface area contributed by atoms with E-state index in [1.807, 2.05) is 68.4 Å². The van der Waals surface area contributed by atoms with Crippen molar-refractivity contribution in [3.63, 3.8) is 0 Å². The molecule has 3 aromatic rings. The zero-order valence-electron chi connectivity index (χ0n) is 21.4. The number of aryl methyl sites for hydroxylation is 2. The first kappa shape index (κ1) is 27.4. The van der Waals surface area contributed by atoms with Crippen LogP contribution in [-0.4, -0.2) is 25.2 Å². The van der Waals surface area contributed by atoms with Crippen LogP contribution in [0.4, 0.5) is 0 Å². The van der Waals surface area contributed by atoms with Crippen LogP contribution < -0.4 is 5.73 Å². The molecule has 0 saturated heterocycles. The molecule has 3 aromatic carbocycles. The third-order valence-corrected chi connectivity index (χ3v) is 9.77. The minimum absolute atomic E-state index is 0.159. The number of halogens is 1. The second-order valence-electron chi connectivity index (χ2n) is 10.3. The van der Waals surface area contributed by atoms with Crippen molar-refractivity contribution < 1.29 is 13.2 Å². The monoisotopic (exact) mass is 538 g/mol. The molecule has 196 valence electrons. The smallest absolute Gasteiger partial charge is 0.243 e. The van der Waals surface area contributed by atoms with E-state index in [9.17, 15) is 13.2 Å². The van der Waals surface area contributed by atoms with Crippen molar-refractivity contribution >= 4 is 27.5 Å². The van der Waals surface area contributed by atoms with E-state index in [2.05, 4.69) is 0 Å². The molecule has 1 aliphatic carbocycles. The fourth-order valence-electron chi connectivity index (χ4n) is 5.35. The molecule has 0 heterocycles. The van der Waals surface area contributed by atoms with Gasteiger partial charge in [0.05, 0.1) is 10.8 Å². The normalized spacial score (nSPS) is 19.0. The van der Waals surface area contributed by atoms with Gasteiger partial charge in [-0.05, 0) is 80.2 Å². The Bertz CT molecular complexity index is 1320. The van der Waals surface area contributed by atoms with E-state index in [-0.39, 0.29) is 28.6 Å². The highest BCUT2D eigenvalue weighted by Gasteiger charge is 2.34. The molecule has 1 amide bonds. The number of carbonyl (C=O) groups excluding carboxylic acids is 1.